The van der Waals surface area contributed by atoms with E-state index in [0.717, 1.165) is 5.92 Å². The van der Waals surface area contributed by atoms with Crippen LogP contribution in [-0.2, 0) is 0 Å². The molecule has 74 valence electrons. The first-order valence-electron chi connectivity index (χ1n) is 5.17. The van der Waals surface area contributed by atoms with Gasteiger partial charge < -0.3 is 0 Å². The zero-order valence-corrected chi connectivity index (χ0v) is 10.6. The molecule has 0 aliphatic rings. The molecule has 0 aliphatic carbocycles. The zero-order valence-electron chi connectivity index (χ0n) is 8.99. The summed E-state index contributed by atoms with van der Waals surface area (Å²) in [5.74, 6) is 0.837. The molecule has 0 saturated carbocycles. The van der Waals surface area contributed by atoms with E-state index in [1.54, 1.807) is 0 Å². The van der Waals surface area contributed by atoms with Crippen molar-refractivity contribution in [3.8, 4) is 0 Å². The van der Waals surface area contributed by atoms with Gasteiger partial charge in [0.05, 0.1) is 0 Å². The fourth-order valence-electron chi connectivity index (χ4n) is 1.26. The molecule has 0 aromatic rings. The van der Waals surface area contributed by atoms with Crippen molar-refractivity contribution in [2.75, 3.05) is 0 Å². The molecule has 0 aromatic heterocycles. The Morgan fingerprint density at radius 1 is 1.25 bits per heavy atom. The van der Waals surface area contributed by atoms with Crippen LogP contribution in [0, 0.1) is 5.92 Å². The maximum atomic E-state index is 3.81. The summed E-state index contributed by atoms with van der Waals surface area (Å²) in [6, 6.07) is 0. The molecule has 0 N–H and O–H groups in total. The number of unbranched alkanes of at least 4 members (excludes halogenated alkanes) is 1. The van der Waals surface area contributed by atoms with Crippen LogP contribution in [0.3, 0.4) is 0 Å². The Kier molecular flexibility index (Phi) is 6.25. The Balaban J connectivity index is 3.56. The van der Waals surface area contributed by atoms with Gasteiger partial charge in [-0.05, 0) is 32.1 Å². The first kappa shape index (κ1) is 12.5. The van der Waals surface area contributed by atoms with Gasteiger partial charge in [0.25, 0.3) is 0 Å². The second-order valence-electron chi connectivity index (χ2n) is 4.45. The van der Waals surface area contributed by atoms with Crippen molar-refractivity contribution in [3.63, 3.8) is 0 Å². The lowest BCUT2D eigenvalue weighted by molar-refractivity contribution is 0.458. The van der Waals surface area contributed by atoms with Gasteiger partial charge in [-0.25, -0.2) is 0 Å². The summed E-state index contributed by atoms with van der Waals surface area (Å²) in [5.41, 5.74) is 0. The molecule has 0 nitrogen and oxygen atoms in total. The highest BCUT2D eigenvalue weighted by atomic mass is 79.9. The molecule has 0 radical (unpaired) electrons. The minimum Gasteiger partial charge on any atom is -0.0856 e. The first-order chi connectivity index (χ1) is 5.48. The van der Waals surface area contributed by atoms with Gasteiger partial charge in [0.1, 0.15) is 0 Å². The van der Waals surface area contributed by atoms with Gasteiger partial charge in [0.15, 0.2) is 0 Å². The van der Waals surface area contributed by atoms with E-state index in [0.29, 0.717) is 4.32 Å². The van der Waals surface area contributed by atoms with Crippen molar-refractivity contribution < 1.29 is 0 Å². The molecular weight excluding hydrogens is 212 g/mol. The summed E-state index contributed by atoms with van der Waals surface area (Å²) < 4.78 is 0.396. The summed E-state index contributed by atoms with van der Waals surface area (Å²) >= 11 is 3.81. The fourth-order valence-corrected chi connectivity index (χ4v) is 1.77. The van der Waals surface area contributed by atoms with Gasteiger partial charge >= 0.3 is 0 Å². The molecule has 0 bridgehead atoms. The highest BCUT2D eigenvalue weighted by molar-refractivity contribution is 9.10. The number of hydrogen-bond donors (Lipinski definition) is 0. The van der Waals surface area contributed by atoms with E-state index in [-0.39, 0.29) is 0 Å². The van der Waals surface area contributed by atoms with Crippen LogP contribution in [0.4, 0.5) is 0 Å². The molecule has 0 aliphatic heterocycles. The third kappa shape index (κ3) is 7.15. The Morgan fingerprint density at radius 3 is 2.25 bits per heavy atom. The van der Waals surface area contributed by atoms with Gasteiger partial charge in [-0.15, -0.1) is 0 Å². The highest BCUT2D eigenvalue weighted by Gasteiger charge is 2.18. The fraction of sp³-hybridized carbons (Fsp3) is 1.00. The van der Waals surface area contributed by atoms with Crippen LogP contribution in [0.2, 0.25) is 0 Å². The van der Waals surface area contributed by atoms with E-state index >= 15 is 0 Å². The maximum Gasteiger partial charge on any atom is 0.0230 e. The lowest BCUT2D eigenvalue weighted by atomic mass is 9.95. The van der Waals surface area contributed by atoms with Crippen LogP contribution in [0.5, 0.6) is 0 Å². The number of halogens is 1. The minimum absolute atomic E-state index is 0.396. The van der Waals surface area contributed by atoms with E-state index in [9.17, 15) is 0 Å². The molecule has 1 unspecified atom stereocenters. The second-order valence-corrected chi connectivity index (χ2v) is 6.36. The molecule has 1 heteroatoms. The van der Waals surface area contributed by atoms with E-state index in [1.807, 2.05) is 0 Å². The molecule has 0 aromatic carbocycles. The third-order valence-electron chi connectivity index (χ3n) is 2.29. The molecule has 0 heterocycles. The second kappa shape index (κ2) is 6.01. The largest absolute Gasteiger partial charge is 0.0856 e. The Labute approximate surface area is 86.3 Å². The van der Waals surface area contributed by atoms with Crippen LogP contribution in [0.15, 0.2) is 0 Å². The van der Waals surface area contributed by atoms with E-state index in [1.165, 1.54) is 32.1 Å². The molecule has 12 heavy (non-hydrogen) atoms. The minimum atomic E-state index is 0.396. The average Bonchev–Trinajstić information content (AvgIpc) is 1.98. The van der Waals surface area contributed by atoms with Gasteiger partial charge in [0.2, 0.25) is 0 Å². The lowest BCUT2D eigenvalue weighted by Gasteiger charge is -2.23. The summed E-state index contributed by atoms with van der Waals surface area (Å²) in [7, 11) is 0. The number of hydrogen-bond acceptors (Lipinski definition) is 0. The average molecular weight is 235 g/mol. The van der Waals surface area contributed by atoms with Crippen molar-refractivity contribution in [3.05, 3.63) is 0 Å². The molecule has 0 spiro atoms. The normalized spacial score (nSPS) is 16.5. The third-order valence-corrected chi connectivity index (χ3v) is 3.09. The standard InChI is InChI=1S/C11H23Br/c1-5-6-8-11(4,12)9-7-10(2)3/h10H,5-9H2,1-4H3. The molecule has 0 fully saturated rings. The van der Waals surface area contributed by atoms with E-state index in [4.69, 9.17) is 0 Å². The summed E-state index contributed by atoms with van der Waals surface area (Å²) in [6.07, 6.45) is 6.62. The predicted octanol–water partition coefficient (Wildman–Crippen LogP) is 4.77. The quantitative estimate of drug-likeness (QED) is 0.582. The van der Waals surface area contributed by atoms with Crippen LogP contribution < -0.4 is 0 Å². The summed E-state index contributed by atoms with van der Waals surface area (Å²) in [5, 5.41) is 0. The number of rotatable bonds is 6. The SMILES string of the molecule is CCCCC(C)(Br)CCC(C)C. The Morgan fingerprint density at radius 2 is 1.83 bits per heavy atom. The molecule has 1 atom stereocenters. The Hall–Kier alpha value is 0.480. The molecule has 0 amide bonds. The van der Waals surface area contributed by atoms with Crippen molar-refractivity contribution in [1.82, 2.24) is 0 Å². The van der Waals surface area contributed by atoms with E-state index in [2.05, 4.69) is 43.6 Å². The summed E-state index contributed by atoms with van der Waals surface area (Å²) in [4.78, 5) is 0. The number of alkyl halides is 1. The van der Waals surface area contributed by atoms with Crippen molar-refractivity contribution in [2.45, 2.75) is 64.1 Å². The van der Waals surface area contributed by atoms with Crippen molar-refractivity contribution >= 4 is 15.9 Å². The molecule has 0 rings (SSSR count). The van der Waals surface area contributed by atoms with E-state index < -0.39 is 0 Å². The highest BCUT2D eigenvalue weighted by Crippen LogP contribution is 2.30. The monoisotopic (exact) mass is 234 g/mol. The van der Waals surface area contributed by atoms with Crippen LogP contribution >= 0.6 is 15.9 Å². The van der Waals surface area contributed by atoms with Crippen molar-refractivity contribution in [2.24, 2.45) is 5.92 Å². The van der Waals surface area contributed by atoms with Crippen LogP contribution in [0.25, 0.3) is 0 Å². The van der Waals surface area contributed by atoms with Gasteiger partial charge in [0, 0.05) is 4.32 Å². The zero-order chi connectivity index (χ0) is 9.61. The Bertz CT molecular complexity index is 106. The molecular formula is C11H23Br. The van der Waals surface area contributed by atoms with Crippen molar-refractivity contribution in [1.29, 1.82) is 0 Å². The van der Waals surface area contributed by atoms with Gasteiger partial charge in [-0.2, -0.15) is 0 Å². The first-order valence-corrected chi connectivity index (χ1v) is 5.96. The van der Waals surface area contributed by atoms with Gasteiger partial charge in [-0.1, -0.05) is 49.5 Å². The maximum absolute atomic E-state index is 3.81. The topological polar surface area (TPSA) is 0 Å². The smallest absolute Gasteiger partial charge is 0.0230 e. The van der Waals surface area contributed by atoms with Crippen LogP contribution in [-0.4, -0.2) is 4.32 Å². The molecule has 0 saturated heterocycles. The van der Waals surface area contributed by atoms with Gasteiger partial charge in [-0.3, -0.25) is 0 Å². The predicted molar refractivity (Wildman–Crippen MR) is 60.9 cm³/mol. The van der Waals surface area contributed by atoms with Crippen LogP contribution in [0.1, 0.15) is 59.8 Å². The summed E-state index contributed by atoms with van der Waals surface area (Å²) in [6.45, 7) is 9.17. The lowest BCUT2D eigenvalue weighted by Crippen LogP contribution is -2.16.